The van der Waals surface area contributed by atoms with Gasteiger partial charge in [0.05, 0.1) is 6.54 Å². The van der Waals surface area contributed by atoms with Gasteiger partial charge in [-0.3, -0.25) is 9.69 Å². The van der Waals surface area contributed by atoms with Crippen LogP contribution in [0.1, 0.15) is 32.3 Å². The van der Waals surface area contributed by atoms with Crippen LogP contribution in [-0.2, 0) is 4.79 Å². The van der Waals surface area contributed by atoms with Gasteiger partial charge in [0.25, 0.3) is 0 Å². The molecule has 2 N–H and O–H groups in total. The van der Waals surface area contributed by atoms with Crippen LogP contribution < -0.4 is 10.6 Å². The summed E-state index contributed by atoms with van der Waals surface area (Å²) in [4.78, 5) is 14.6. The summed E-state index contributed by atoms with van der Waals surface area (Å²) in [6.45, 7) is 8.80. The number of carbonyl (C=O) groups is 1. The van der Waals surface area contributed by atoms with Gasteiger partial charge in [0, 0.05) is 30.9 Å². The molecule has 4 heteroatoms. The summed E-state index contributed by atoms with van der Waals surface area (Å²) in [5.41, 5.74) is 2.02. The number of para-hydroxylation sites is 1. The maximum absolute atomic E-state index is 12.3. The van der Waals surface area contributed by atoms with Gasteiger partial charge in [-0.05, 0) is 31.4 Å². The van der Waals surface area contributed by atoms with E-state index in [0.29, 0.717) is 18.6 Å². The molecule has 116 valence electrons. The summed E-state index contributed by atoms with van der Waals surface area (Å²) in [6, 6.07) is 8.87. The summed E-state index contributed by atoms with van der Waals surface area (Å²) in [7, 11) is 0. The number of amides is 1. The molecular weight excluding hydrogens is 262 g/mol. The summed E-state index contributed by atoms with van der Waals surface area (Å²) < 4.78 is 0. The van der Waals surface area contributed by atoms with Gasteiger partial charge in [0.15, 0.2) is 0 Å². The predicted molar refractivity (Wildman–Crippen MR) is 87.5 cm³/mol. The van der Waals surface area contributed by atoms with Crippen molar-refractivity contribution in [3.63, 3.8) is 0 Å². The normalized spacial score (nSPS) is 23.0. The zero-order valence-corrected chi connectivity index (χ0v) is 13.4. The Hall–Kier alpha value is -1.39. The third-order valence-corrected chi connectivity index (χ3v) is 4.34. The zero-order valence-electron chi connectivity index (χ0n) is 13.4. The van der Waals surface area contributed by atoms with Gasteiger partial charge in [0.2, 0.25) is 5.91 Å². The number of aryl methyl sites for hydroxylation is 1. The van der Waals surface area contributed by atoms with Crippen LogP contribution in [-0.4, -0.2) is 42.5 Å². The quantitative estimate of drug-likeness (QED) is 0.875. The third kappa shape index (κ3) is 4.29. The standard InChI is InChI=1S/C17H27N3O/c1-4-14-11-20(15(5-2)10-18-14)12-17(21)19-16-9-7-6-8-13(16)3/h6-9,14-15,18H,4-5,10-12H2,1-3H3,(H,19,21). The summed E-state index contributed by atoms with van der Waals surface area (Å²) in [5, 5.41) is 6.59. The Morgan fingerprint density at radius 1 is 1.33 bits per heavy atom. The lowest BCUT2D eigenvalue weighted by Crippen LogP contribution is -2.57. The van der Waals surface area contributed by atoms with Crippen molar-refractivity contribution in [2.45, 2.75) is 45.7 Å². The molecule has 0 aliphatic carbocycles. The highest BCUT2D eigenvalue weighted by molar-refractivity contribution is 5.92. The molecule has 0 spiro atoms. The van der Waals surface area contributed by atoms with Crippen molar-refractivity contribution in [3.8, 4) is 0 Å². The fourth-order valence-electron chi connectivity index (χ4n) is 2.89. The van der Waals surface area contributed by atoms with E-state index < -0.39 is 0 Å². The Morgan fingerprint density at radius 3 is 2.76 bits per heavy atom. The number of rotatable bonds is 5. The van der Waals surface area contributed by atoms with Crippen molar-refractivity contribution >= 4 is 11.6 Å². The van der Waals surface area contributed by atoms with Crippen molar-refractivity contribution in [2.75, 3.05) is 25.0 Å². The number of carbonyl (C=O) groups excluding carboxylic acids is 1. The van der Waals surface area contributed by atoms with Gasteiger partial charge < -0.3 is 10.6 Å². The average Bonchev–Trinajstić information content (AvgIpc) is 2.49. The highest BCUT2D eigenvalue weighted by atomic mass is 16.2. The van der Waals surface area contributed by atoms with E-state index in [0.717, 1.165) is 37.2 Å². The highest BCUT2D eigenvalue weighted by Crippen LogP contribution is 2.15. The maximum Gasteiger partial charge on any atom is 0.238 e. The number of hydrogen-bond acceptors (Lipinski definition) is 3. The molecule has 0 radical (unpaired) electrons. The van der Waals surface area contributed by atoms with Crippen molar-refractivity contribution in [1.29, 1.82) is 0 Å². The number of benzene rings is 1. The summed E-state index contributed by atoms with van der Waals surface area (Å²) in [5.74, 6) is 0.0829. The summed E-state index contributed by atoms with van der Waals surface area (Å²) in [6.07, 6.45) is 2.17. The van der Waals surface area contributed by atoms with Gasteiger partial charge in [-0.15, -0.1) is 0 Å². The highest BCUT2D eigenvalue weighted by Gasteiger charge is 2.27. The second kappa shape index (κ2) is 7.57. The Labute approximate surface area is 127 Å². The van der Waals surface area contributed by atoms with E-state index in [1.807, 2.05) is 31.2 Å². The van der Waals surface area contributed by atoms with Gasteiger partial charge in [-0.2, -0.15) is 0 Å². The van der Waals surface area contributed by atoms with E-state index in [-0.39, 0.29) is 5.91 Å². The number of hydrogen-bond donors (Lipinski definition) is 2. The molecule has 1 aliphatic rings. The molecule has 21 heavy (non-hydrogen) atoms. The van der Waals surface area contributed by atoms with E-state index in [4.69, 9.17) is 0 Å². The molecule has 0 bridgehead atoms. The molecule has 4 nitrogen and oxygen atoms in total. The van der Waals surface area contributed by atoms with E-state index in [2.05, 4.69) is 29.4 Å². The molecule has 2 unspecified atom stereocenters. The predicted octanol–water partition coefficient (Wildman–Crippen LogP) is 2.40. The Balaban J connectivity index is 1.95. The van der Waals surface area contributed by atoms with E-state index in [1.54, 1.807) is 0 Å². The molecule has 2 rings (SSSR count). The fraction of sp³-hybridized carbons (Fsp3) is 0.588. The van der Waals surface area contributed by atoms with Crippen molar-refractivity contribution in [1.82, 2.24) is 10.2 Å². The lowest BCUT2D eigenvalue weighted by molar-refractivity contribution is -0.118. The minimum absolute atomic E-state index is 0.0829. The van der Waals surface area contributed by atoms with Gasteiger partial charge >= 0.3 is 0 Å². The number of nitrogens with one attached hydrogen (secondary N) is 2. The lowest BCUT2D eigenvalue weighted by Gasteiger charge is -2.39. The van der Waals surface area contributed by atoms with Crippen molar-refractivity contribution in [2.24, 2.45) is 0 Å². The van der Waals surface area contributed by atoms with Gasteiger partial charge in [-0.25, -0.2) is 0 Å². The Morgan fingerprint density at radius 2 is 2.10 bits per heavy atom. The topological polar surface area (TPSA) is 44.4 Å². The van der Waals surface area contributed by atoms with Gasteiger partial charge in [-0.1, -0.05) is 32.0 Å². The first kappa shape index (κ1) is 16.0. The first-order valence-corrected chi connectivity index (χ1v) is 7.97. The van der Waals surface area contributed by atoms with Crippen LogP contribution in [0.3, 0.4) is 0 Å². The lowest BCUT2D eigenvalue weighted by atomic mass is 10.1. The molecule has 1 saturated heterocycles. The Kier molecular flexibility index (Phi) is 5.76. The second-order valence-electron chi connectivity index (χ2n) is 5.87. The monoisotopic (exact) mass is 289 g/mol. The molecule has 1 fully saturated rings. The minimum Gasteiger partial charge on any atom is -0.325 e. The summed E-state index contributed by atoms with van der Waals surface area (Å²) >= 11 is 0. The van der Waals surface area contributed by atoms with Crippen LogP contribution in [0.4, 0.5) is 5.69 Å². The maximum atomic E-state index is 12.3. The van der Waals surface area contributed by atoms with Crippen LogP contribution >= 0.6 is 0 Å². The first-order chi connectivity index (χ1) is 10.1. The average molecular weight is 289 g/mol. The van der Waals surface area contributed by atoms with Crippen LogP contribution in [0.25, 0.3) is 0 Å². The number of nitrogens with zero attached hydrogens (tertiary/aromatic N) is 1. The smallest absolute Gasteiger partial charge is 0.238 e. The molecular formula is C17H27N3O. The number of anilines is 1. The molecule has 1 heterocycles. The fourth-order valence-corrected chi connectivity index (χ4v) is 2.89. The van der Waals surface area contributed by atoms with E-state index >= 15 is 0 Å². The molecule has 1 aliphatic heterocycles. The van der Waals surface area contributed by atoms with Crippen LogP contribution in [0.2, 0.25) is 0 Å². The van der Waals surface area contributed by atoms with E-state index in [9.17, 15) is 4.79 Å². The van der Waals surface area contributed by atoms with Crippen LogP contribution in [0, 0.1) is 6.92 Å². The van der Waals surface area contributed by atoms with E-state index in [1.165, 1.54) is 0 Å². The third-order valence-electron chi connectivity index (χ3n) is 4.34. The Bertz CT molecular complexity index is 475. The van der Waals surface area contributed by atoms with Crippen LogP contribution in [0.5, 0.6) is 0 Å². The second-order valence-corrected chi connectivity index (χ2v) is 5.87. The van der Waals surface area contributed by atoms with Gasteiger partial charge in [0.1, 0.15) is 0 Å². The molecule has 1 amide bonds. The molecule has 1 aromatic carbocycles. The van der Waals surface area contributed by atoms with Crippen molar-refractivity contribution < 1.29 is 4.79 Å². The SMILES string of the molecule is CCC1CN(CC(=O)Nc2ccccc2C)C(CC)CN1. The minimum atomic E-state index is 0.0829. The molecule has 0 saturated carbocycles. The molecule has 1 aromatic rings. The molecule has 2 atom stereocenters. The largest absolute Gasteiger partial charge is 0.325 e. The first-order valence-electron chi connectivity index (χ1n) is 7.97. The van der Waals surface area contributed by atoms with Crippen molar-refractivity contribution in [3.05, 3.63) is 29.8 Å². The molecule has 0 aromatic heterocycles. The number of piperazine rings is 1. The zero-order chi connectivity index (χ0) is 15.2. The van der Waals surface area contributed by atoms with Crippen LogP contribution in [0.15, 0.2) is 24.3 Å².